The summed E-state index contributed by atoms with van der Waals surface area (Å²) in [5.41, 5.74) is 2.26. The molecule has 1 aromatic heterocycles. The van der Waals surface area contributed by atoms with Crippen molar-refractivity contribution in [1.82, 2.24) is 9.97 Å². The number of hydrogen-bond donors (Lipinski definition) is 1. The second-order valence-corrected chi connectivity index (χ2v) is 5.18. The van der Waals surface area contributed by atoms with Crippen LogP contribution < -0.4 is 0 Å². The molecule has 6 heteroatoms. The van der Waals surface area contributed by atoms with E-state index in [1.807, 2.05) is 0 Å². The molecule has 0 radical (unpaired) electrons. The van der Waals surface area contributed by atoms with E-state index in [9.17, 15) is 10.1 Å². The molecule has 0 atom stereocenters. The highest BCUT2D eigenvalue weighted by molar-refractivity contribution is 9.10. The molecular weight excluding hydrogens is 286 g/mol. The number of imidazole rings is 1. The van der Waals surface area contributed by atoms with E-state index in [1.165, 1.54) is 0 Å². The second-order valence-electron chi connectivity index (χ2n) is 4.38. The lowest BCUT2D eigenvalue weighted by atomic mass is 10.2. The second kappa shape index (κ2) is 3.53. The van der Waals surface area contributed by atoms with E-state index in [4.69, 9.17) is 0 Å². The van der Waals surface area contributed by atoms with Crippen LogP contribution in [0.15, 0.2) is 10.5 Å². The van der Waals surface area contributed by atoms with Crippen molar-refractivity contribution < 1.29 is 4.92 Å². The Kier molecular flexibility index (Phi) is 2.22. The lowest BCUT2D eigenvalue weighted by Gasteiger charge is -2.00. The minimum atomic E-state index is -0.364. The predicted octanol–water partition coefficient (Wildman–Crippen LogP) is 3.42. The van der Waals surface area contributed by atoms with Gasteiger partial charge in [-0.05, 0) is 35.7 Å². The number of aromatic amines is 1. The standard InChI is InChI=1S/C11H10BrN3O2/c1-5-8(15(16)17)4-7-10(9(5)12)14-11(13-7)6-2-3-6/h4,6H,2-3H2,1H3,(H,13,14). The molecule has 1 heterocycles. The van der Waals surface area contributed by atoms with E-state index in [0.717, 1.165) is 29.7 Å². The maximum Gasteiger partial charge on any atom is 0.275 e. The van der Waals surface area contributed by atoms with Crippen LogP contribution in [0.1, 0.15) is 30.1 Å². The van der Waals surface area contributed by atoms with Gasteiger partial charge in [0.05, 0.1) is 14.9 Å². The summed E-state index contributed by atoms with van der Waals surface area (Å²) in [5, 5.41) is 10.9. The van der Waals surface area contributed by atoms with Gasteiger partial charge in [0.2, 0.25) is 0 Å². The van der Waals surface area contributed by atoms with Crippen LogP contribution in [0.25, 0.3) is 11.0 Å². The van der Waals surface area contributed by atoms with Crippen LogP contribution in [0.2, 0.25) is 0 Å². The molecule has 1 aliphatic carbocycles. The van der Waals surface area contributed by atoms with Gasteiger partial charge in [0.1, 0.15) is 11.3 Å². The van der Waals surface area contributed by atoms with Gasteiger partial charge in [-0.3, -0.25) is 10.1 Å². The van der Waals surface area contributed by atoms with Gasteiger partial charge in [-0.15, -0.1) is 0 Å². The summed E-state index contributed by atoms with van der Waals surface area (Å²) in [4.78, 5) is 18.2. The monoisotopic (exact) mass is 295 g/mol. The molecule has 5 nitrogen and oxygen atoms in total. The first-order chi connectivity index (χ1) is 8.08. The Hall–Kier alpha value is -1.43. The SMILES string of the molecule is Cc1c([N+](=O)[O-])cc2[nH]c(C3CC3)nc2c1Br. The predicted molar refractivity (Wildman–Crippen MR) is 67.2 cm³/mol. The zero-order valence-electron chi connectivity index (χ0n) is 9.16. The van der Waals surface area contributed by atoms with Gasteiger partial charge in [-0.25, -0.2) is 4.98 Å². The number of aromatic nitrogens is 2. The van der Waals surface area contributed by atoms with Crippen molar-refractivity contribution in [3.05, 3.63) is 32.0 Å². The smallest absolute Gasteiger partial charge is 0.275 e. The van der Waals surface area contributed by atoms with Gasteiger partial charge >= 0.3 is 0 Å². The number of benzene rings is 1. The highest BCUT2D eigenvalue weighted by atomic mass is 79.9. The Morgan fingerprint density at radius 2 is 2.29 bits per heavy atom. The molecule has 1 fully saturated rings. The molecule has 0 amide bonds. The molecule has 0 bridgehead atoms. The van der Waals surface area contributed by atoms with Crippen molar-refractivity contribution in [2.24, 2.45) is 0 Å². The number of fused-ring (bicyclic) bond motifs is 1. The summed E-state index contributed by atoms with van der Waals surface area (Å²) in [6, 6.07) is 1.56. The molecule has 0 unspecified atom stereocenters. The minimum absolute atomic E-state index is 0.121. The third-order valence-corrected chi connectivity index (χ3v) is 4.08. The van der Waals surface area contributed by atoms with E-state index in [1.54, 1.807) is 13.0 Å². The summed E-state index contributed by atoms with van der Waals surface area (Å²) < 4.78 is 0.713. The fourth-order valence-corrected chi connectivity index (χ4v) is 2.46. The third kappa shape index (κ3) is 1.63. The zero-order valence-corrected chi connectivity index (χ0v) is 10.7. The van der Waals surface area contributed by atoms with E-state index in [-0.39, 0.29) is 10.6 Å². The van der Waals surface area contributed by atoms with Gasteiger partial charge in [0.25, 0.3) is 5.69 Å². The number of nitrogens with zero attached hydrogens (tertiary/aromatic N) is 2. The summed E-state index contributed by atoms with van der Waals surface area (Å²) in [6.07, 6.45) is 2.30. The average Bonchev–Trinajstić information content (AvgIpc) is 3.04. The lowest BCUT2D eigenvalue weighted by molar-refractivity contribution is -0.385. The van der Waals surface area contributed by atoms with Gasteiger partial charge in [-0.1, -0.05) is 0 Å². The van der Waals surface area contributed by atoms with E-state index in [2.05, 4.69) is 25.9 Å². The number of hydrogen-bond acceptors (Lipinski definition) is 3. The molecule has 1 aromatic carbocycles. The lowest BCUT2D eigenvalue weighted by Crippen LogP contribution is -1.93. The molecule has 0 aliphatic heterocycles. The minimum Gasteiger partial charge on any atom is -0.342 e. The van der Waals surface area contributed by atoms with Crippen LogP contribution in [-0.2, 0) is 0 Å². The topological polar surface area (TPSA) is 71.8 Å². The first kappa shape index (κ1) is 10.7. The Balaban J connectivity index is 2.27. The first-order valence-electron chi connectivity index (χ1n) is 5.41. The van der Waals surface area contributed by atoms with Crippen LogP contribution in [0.4, 0.5) is 5.69 Å². The van der Waals surface area contributed by atoms with E-state index in [0.29, 0.717) is 16.0 Å². The van der Waals surface area contributed by atoms with Gasteiger partial charge < -0.3 is 4.98 Å². The van der Waals surface area contributed by atoms with Crippen molar-refractivity contribution in [1.29, 1.82) is 0 Å². The van der Waals surface area contributed by atoms with Crippen molar-refractivity contribution >= 4 is 32.7 Å². The van der Waals surface area contributed by atoms with Crippen molar-refractivity contribution in [2.45, 2.75) is 25.7 Å². The fraction of sp³-hybridized carbons (Fsp3) is 0.364. The summed E-state index contributed by atoms with van der Waals surface area (Å²) in [7, 11) is 0. The quantitative estimate of drug-likeness (QED) is 0.681. The highest BCUT2D eigenvalue weighted by Crippen LogP contribution is 2.41. The van der Waals surface area contributed by atoms with Crippen LogP contribution in [0.3, 0.4) is 0 Å². The number of nitro benzene ring substituents is 1. The maximum absolute atomic E-state index is 10.9. The van der Waals surface area contributed by atoms with Gasteiger partial charge in [0, 0.05) is 17.5 Å². The number of rotatable bonds is 2. The summed E-state index contributed by atoms with van der Waals surface area (Å²) >= 11 is 3.40. The van der Waals surface area contributed by atoms with Crippen LogP contribution in [0, 0.1) is 17.0 Å². The Morgan fingerprint density at radius 3 is 2.88 bits per heavy atom. The molecular formula is C11H10BrN3O2. The van der Waals surface area contributed by atoms with Gasteiger partial charge in [-0.2, -0.15) is 0 Å². The fourth-order valence-electron chi connectivity index (χ4n) is 1.95. The Labute approximate surface area is 106 Å². The number of nitro groups is 1. The normalized spacial score (nSPS) is 15.4. The Bertz CT molecular complexity index is 631. The molecule has 0 spiro atoms. The molecule has 2 aromatic rings. The van der Waals surface area contributed by atoms with Crippen molar-refractivity contribution in [2.75, 3.05) is 0 Å². The molecule has 17 heavy (non-hydrogen) atoms. The molecule has 1 N–H and O–H groups in total. The number of halogens is 1. The zero-order chi connectivity index (χ0) is 12.2. The average molecular weight is 296 g/mol. The highest BCUT2D eigenvalue weighted by Gasteiger charge is 2.28. The van der Waals surface area contributed by atoms with E-state index >= 15 is 0 Å². The maximum atomic E-state index is 10.9. The summed E-state index contributed by atoms with van der Waals surface area (Å²) in [5.74, 6) is 1.45. The van der Waals surface area contributed by atoms with E-state index < -0.39 is 0 Å². The Morgan fingerprint density at radius 1 is 1.59 bits per heavy atom. The molecule has 1 saturated carbocycles. The largest absolute Gasteiger partial charge is 0.342 e. The molecule has 88 valence electrons. The van der Waals surface area contributed by atoms with Gasteiger partial charge in [0.15, 0.2) is 0 Å². The molecule has 0 saturated heterocycles. The third-order valence-electron chi connectivity index (χ3n) is 3.11. The number of nitrogens with one attached hydrogen (secondary N) is 1. The first-order valence-corrected chi connectivity index (χ1v) is 6.20. The van der Waals surface area contributed by atoms with Crippen LogP contribution in [0.5, 0.6) is 0 Å². The summed E-state index contributed by atoms with van der Waals surface area (Å²) in [6.45, 7) is 1.73. The van der Waals surface area contributed by atoms with Crippen molar-refractivity contribution in [3.8, 4) is 0 Å². The number of H-pyrrole nitrogens is 1. The molecule has 1 aliphatic rings. The van der Waals surface area contributed by atoms with Crippen molar-refractivity contribution in [3.63, 3.8) is 0 Å². The van der Waals surface area contributed by atoms with Crippen LogP contribution in [-0.4, -0.2) is 14.9 Å². The van der Waals surface area contributed by atoms with Crippen LogP contribution >= 0.6 is 15.9 Å². The molecule has 3 rings (SSSR count).